The molecule has 24 heavy (non-hydrogen) atoms. The van der Waals surface area contributed by atoms with Crippen molar-refractivity contribution in [3.05, 3.63) is 70.1 Å². The van der Waals surface area contributed by atoms with E-state index in [-0.39, 0.29) is 6.10 Å². The molecule has 5 rings (SSSR count). The second kappa shape index (κ2) is 5.91. The third-order valence-electron chi connectivity index (χ3n) is 5.39. The van der Waals surface area contributed by atoms with Crippen molar-refractivity contribution in [2.24, 2.45) is 0 Å². The van der Waals surface area contributed by atoms with Gasteiger partial charge in [0.15, 0.2) is 0 Å². The van der Waals surface area contributed by atoms with Gasteiger partial charge in [-0.1, -0.05) is 37.1 Å². The molecule has 0 radical (unpaired) electrons. The number of fused-ring (bicyclic) bond motifs is 3. The molecule has 3 heterocycles. The lowest BCUT2D eigenvalue weighted by Crippen LogP contribution is -2.32. The van der Waals surface area contributed by atoms with Gasteiger partial charge < -0.3 is 9.15 Å². The van der Waals surface area contributed by atoms with Crippen LogP contribution < -0.4 is 0 Å². The molecule has 2 aliphatic rings. The van der Waals surface area contributed by atoms with Gasteiger partial charge >= 0.3 is 0 Å². The number of hydrogen-bond acceptors (Lipinski definition) is 3. The van der Waals surface area contributed by atoms with Crippen molar-refractivity contribution >= 4 is 11.3 Å². The number of benzene rings is 1. The highest BCUT2D eigenvalue weighted by molar-refractivity contribution is 7.10. The lowest BCUT2D eigenvalue weighted by atomic mass is 9.80. The molecule has 3 unspecified atom stereocenters. The van der Waals surface area contributed by atoms with Crippen molar-refractivity contribution in [1.82, 2.24) is 0 Å². The maximum absolute atomic E-state index is 6.66. The lowest BCUT2D eigenvalue weighted by Gasteiger charge is -2.40. The zero-order valence-corrected chi connectivity index (χ0v) is 14.3. The van der Waals surface area contributed by atoms with Gasteiger partial charge in [0.25, 0.3) is 0 Å². The number of thiophene rings is 1. The molecule has 0 bridgehead atoms. The molecule has 3 heteroatoms. The van der Waals surface area contributed by atoms with Crippen LogP contribution in [0.5, 0.6) is 0 Å². The Balaban J connectivity index is 1.63. The Hall–Kier alpha value is -1.84. The third kappa shape index (κ3) is 2.27. The molecule has 1 fully saturated rings. The van der Waals surface area contributed by atoms with Crippen LogP contribution in [-0.4, -0.2) is 6.10 Å². The summed E-state index contributed by atoms with van der Waals surface area (Å²) in [6.45, 7) is 0. The zero-order valence-electron chi connectivity index (χ0n) is 13.5. The number of hydrogen-bond donors (Lipinski definition) is 0. The van der Waals surface area contributed by atoms with Crippen LogP contribution in [0.4, 0.5) is 0 Å². The lowest BCUT2D eigenvalue weighted by molar-refractivity contribution is -0.0372. The van der Waals surface area contributed by atoms with E-state index in [1.165, 1.54) is 36.8 Å². The maximum Gasteiger partial charge on any atom is 0.134 e. The number of ether oxygens (including phenoxy) is 1. The normalized spacial score (nSPS) is 25.9. The first-order chi connectivity index (χ1) is 11.9. The fourth-order valence-corrected chi connectivity index (χ4v) is 5.40. The first-order valence-electron chi connectivity index (χ1n) is 8.77. The average Bonchev–Trinajstić information content (AvgIpc) is 3.33. The van der Waals surface area contributed by atoms with Crippen molar-refractivity contribution in [3.63, 3.8) is 0 Å². The van der Waals surface area contributed by atoms with Crippen LogP contribution in [-0.2, 0) is 4.74 Å². The second-order valence-corrected chi connectivity index (χ2v) is 7.70. The van der Waals surface area contributed by atoms with Crippen LogP contribution in [0.2, 0.25) is 0 Å². The molecule has 0 saturated heterocycles. The van der Waals surface area contributed by atoms with Gasteiger partial charge in [0.05, 0.1) is 12.4 Å². The van der Waals surface area contributed by atoms with Gasteiger partial charge in [0.2, 0.25) is 0 Å². The predicted molar refractivity (Wildman–Crippen MR) is 96.4 cm³/mol. The van der Waals surface area contributed by atoms with Gasteiger partial charge in [-0.05, 0) is 47.5 Å². The van der Waals surface area contributed by atoms with Gasteiger partial charge in [-0.3, -0.25) is 0 Å². The first kappa shape index (κ1) is 14.5. The highest BCUT2D eigenvalue weighted by atomic mass is 32.1. The van der Waals surface area contributed by atoms with E-state index in [2.05, 4.69) is 35.7 Å². The smallest absolute Gasteiger partial charge is 0.134 e. The molecule has 0 N–H and O–H groups in total. The van der Waals surface area contributed by atoms with Crippen LogP contribution in [0, 0.1) is 0 Å². The maximum atomic E-state index is 6.66. The van der Waals surface area contributed by atoms with E-state index in [0.29, 0.717) is 12.0 Å². The van der Waals surface area contributed by atoms with Crippen molar-refractivity contribution in [2.45, 2.75) is 43.8 Å². The summed E-state index contributed by atoms with van der Waals surface area (Å²) in [7, 11) is 0. The topological polar surface area (TPSA) is 22.4 Å². The Labute approximate surface area is 146 Å². The standard InChI is InChI=1S/C21H20O2S/c1-2-7-15(14(6-1)18-10-5-12-22-18)20-17-11-13-24-21(17)16-8-3-4-9-19(16)23-20/h1-2,5-7,10-13,16,19-20H,3-4,8-9H2. The van der Waals surface area contributed by atoms with Gasteiger partial charge in [0, 0.05) is 16.4 Å². The SMILES string of the molecule is c1coc(-c2ccccc2C2OC3CCCCC3c3sccc32)c1. The van der Waals surface area contributed by atoms with Gasteiger partial charge in [-0.15, -0.1) is 11.3 Å². The molecular formula is C21H20O2S. The fourth-order valence-electron chi connectivity index (χ4n) is 4.28. The molecular weight excluding hydrogens is 316 g/mol. The summed E-state index contributed by atoms with van der Waals surface area (Å²) in [6, 6.07) is 14.7. The predicted octanol–water partition coefficient (Wildman–Crippen LogP) is 6.15. The summed E-state index contributed by atoms with van der Waals surface area (Å²) < 4.78 is 12.3. The van der Waals surface area contributed by atoms with Gasteiger partial charge in [-0.2, -0.15) is 0 Å². The molecule has 1 saturated carbocycles. The average molecular weight is 336 g/mol. The van der Waals surface area contributed by atoms with E-state index >= 15 is 0 Å². The Kier molecular flexibility index (Phi) is 3.57. The highest BCUT2D eigenvalue weighted by Crippen LogP contribution is 2.50. The second-order valence-electron chi connectivity index (χ2n) is 6.75. The van der Waals surface area contributed by atoms with E-state index in [1.54, 1.807) is 11.1 Å². The summed E-state index contributed by atoms with van der Waals surface area (Å²) in [5.74, 6) is 1.51. The molecule has 122 valence electrons. The Morgan fingerprint density at radius 1 is 0.917 bits per heavy atom. The van der Waals surface area contributed by atoms with Gasteiger partial charge in [0.1, 0.15) is 11.9 Å². The summed E-state index contributed by atoms with van der Waals surface area (Å²) >= 11 is 1.91. The molecule has 0 amide bonds. The molecule has 1 aromatic carbocycles. The minimum atomic E-state index is 0.0203. The summed E-state index contributed by atoms with van der Waals surface area (Å²) in [6.07, 6.45) is 7.18. The summed E-state index contributed by atoms with van der Waals surface area (Å²) in [5.41, 5.74) is 3.72. The van der Waals surface area contributed by atoms with E-state index in [0.717, 1.165) is 11.3 Å². The van der Waals surface area contributed by atoms with Crippen LogP contribution in [0.25, 0.3) is 11.3 Å². The Morgan fingerprint density at radius 2 is 1.83 bits per heavy atom. The molecule has 1 aliphatic heterocycles. The largest absolute Gasteiger partial charge is 0.464 e. The zero-order chi connectivity index (χ0) is 15.9. The van der Waals surface area contributed by atoms with Crippen LogP contribution in [0.15, 0.2) is 58.5 Å². The molecule has 3 atom stereocenters. The Bertz CT molecular complexity index is 833. The van der Waals surface area contributed by atoms with E-state index in [1.807, 2.05) is 23.5 Å². The molecule has 3 aromatic rings. The van der Waals surface area contributed by atoms with Crippen LogP contribution in [0.3, 0.4) is 0 Å². The quantitative estimate of drug-likeness (QED) is 0.559. The molecule has 2 nitrogen and oxygen atoms in total. The molecule has 1 aliphatic carbocycles. The van der Waals surface area contributed by atoms with E-state index in [9.17, 15) is 0 Å². The molecule has 0 spiro atoms. The number of rotatable bonds is 2. The fraction of sp³-hybridized carbons (Fsp3) is 0.333. The first-order valence-corrected chi connectivity index (χ1v) is 9.65. The van der Waals surface area contributed by atoms with Gasteiger partial charge in [-0.25, -0.2) is 0 Å². The summed E-state index contributed by atoms with van der Waals surface area (Å²) in [5, 5.41) is 2.23. The monoisotopic (exact) mass is 336 g/mol. The minimum Gasteiger partial charge on any atom is -0.464 e. The van der Waals surface area contributed by atoms with Crippen molar-refractivity contribution in [1.29, 1.82) is 0 Å². The van der Waals surface area contributed by atoms with E-state index in [4.69, 9.17) is 9.15 Å². The van der Waals surface area contributed by atoms with Crippen molar-refractivity contribution < 1.29 is 9.15 Å². The Morgan fingerprint density at radius 3 is 2.75 bits per heavy atom. The van der Waals surface area contributed by atoms with E-state index < -0.39 is 0 Å². The third-order valence-corrected chi connectivity index (χ3v) is 6.45. The van der Waals surface area contributed by atoms with Crippen LogP contribution >= 0.6 is 11.3 Å². The highest BCUT2D eigenvalue weighted by Gasteiger charge is 2.39. The minimum absolute atomic E-state index is 0.0203. The molecule has 2 aromatic heterocycles. The summed E-state index contributed by atoms with van der Waals surface area (Å²) in [4.78, 5) is 1.55. The number of furan rings is 1. The van der Waals surface area contributed by atoms with Crippen molar-refractivity contribution in [3.8, 4) is 11.3 Å². The van der Waals surface area contributed by atoms with Crippen LogP contribution in [0.1, 0.15) is 53.7 Å². The van der Waals surface area contributed by atoms with Crippen molar-refractivity contribution in [2.75, 3.05) is 0 Å².